The second kappa shape index (κ2) is 5.89. The third kappa shape index (κ3) is 2.64. The van der Waals surface area contributed by atoms with E-state index in [1.54, 1.807) is 29.0 Å². The largest absolute Gasteiger partial charge is 0.303 e. The van der Waals surface area contributed by atoms with Gasteiger partial charge in [0.15, 0.2) is 0 Å². The van der Waals surface area contributed by atoms with Crippen LogP contribution in [-0.4, -0.2) is 15.3 Å². The van der Waals surface area contributed by atoms with Crippen molar-refractivity contribution in [3.63, 3.8) is 0 Å². The maximum atomic E-state index is 14.3. The molecule has 2 heterocycles. The lowest BCUT2D eigenvalue weighted by atomic mass is 9.99. The minimum atomic E-state index is -0.724. The maximum Gasteiger partial charge on any atom is 0.272 e. The summed E-state index contributed by atoms with van der Waals surface area (Å²) in [4.78, 5) is 19.8. The van der Waals surface area contributed by atoms with Crippen LogP contribution < -0.4 is 5.56 Å². The number of halogens is 3. The molecular weight excluding hydrogens is 348 g/mol. The molecule has 4 nitrogen and oxygen atoms in total. The Kier molecular flexibility index (Phi) is 3.69. The van der Waals surface area contributed by atoms with Gasteiger partial charge in [-0.3, -0.25) is 9.79 Å². The molecule has 1 aliphatic rings. The highest BCUT2D eigenvalue weighted by Crippen LogP contribution is 2.28. The van der Waals surface area contributed by atoms with E-state index in [9.17, 15) is 13.6 Å². The van der Waals surface area contributed by atoms with Crippen molar-refractivity contribution in [1.29, 1.82) is 0 Å². The van der Waals surface area contributed by atoms with Crippen molar-refractivity contribution >= 4 is 17.3 Å². The zero-order valence-corrected chi connectivity index (χ0v) is 13.5. The van der Waals surface area contributed by atoms with Gasteiger partial charge in [-0.05, 0) is 30.3 Å². The smallest absolute Gasteiger partial charge is 0.272 e. The normalized spacial score (nSPS) is 12.8. The molecule has 124 valence electrons. The number of aromatic nitrogens is 2. The predicted molar refractivity (Wildman–Crippen MR) is 90.5 cm³/mol. The molecule has 0 saturated heterocycles. The number of hydrogen-bond donors (Lipinski definition) is 0. The summed E-state index contributed by atoms with van der Waals surface area (Å²) in [5, 5.41) is 0.403. The van der Waals surface area contributed by atoms with Gasteiger partial charge in [0.2, 0.25) is 0 Å². The van der Waals surface area contributed by atoms with E-state index in [-0.39, 0.29) is 17.8 Å². The van der Waals surface area contributed by atoms with Gasteiger partial charge in [0, 0.05) is 22.8 Å². The standard InChI is InChI=1S/C18H10ClF2N3O/c19-10-4-5-14-11(8-10)18(17-12(20)2-1-3-13(17)21)22-9-15-23-16(25)6-7-24(14)15/h1-8H,9H2. The number of fused-ring (bicyclic) bond motifs is 3. The molecular formula is C18H10ClF2N3O. The number of hydrogen-bond acceptors (Lipinski definition) is 3. The Hall–Kier alpha value is -2.86. The molecule has 0 aliphatic carbocycles. The minimum absolute atomic E-state index is 0.00544. The van der Waals surface area contributed by atoms with Gasteiger partial charge in [-0.1, -0.05) is 17.7 Å². The first kappa shape index (κ1) is 15.7. The summed E-state index contributed by atoms with van der Waals surface area (Å²) >= 11 is 6.10. The Balaban J connectivity index is 2.06. The molecule has 0 N–H and O–H groups in total. The summed E-state index contributed by atoms with van der Waals surface area (Å²) in [5.41, 5.74) is 0.539. The molecule has 0 unspecified atom stereocenters. The van der Waals surface area contributed by atoms with Crippen LogP contribution in [0.3, 0.4) is 0 Å². The second-order valence-electron chi connectivity index (χ2n) is 5.47. The fraction of sp³-hybridized carbons (Fsp3) is 0.0556. The van der Waals surface area contributed by atoms with E-state index in [1.165, 1.54) is 24.3 Å². The molecule has 0 amide bonds. The van der Waals surface area contributed by atoms with Crippen molar-refractivity contribution in [1.82, 2.24) is 9.55 Å². The van der Waals surface area contributed by atoms with Crippen LogP contribution >= 0.6 is 11.6 Å². The zero-order valence-electron chi connectivity index (χ0n) is 12.7. The average Bonchev–Trinajstić information content (AvgIpc) is 2.72. The molecule has 1 aliphatic heterocycles. The predicted octanol–water partition coefficient (Wildman–Crippen LogP) is 3.52. The van der Waals surface area contributed by atoms with Crippen LogP contribution in [0.5, 0.6) is 0 Å². The number of aliphatic imine (C=N–C) groups is 1. The summed E-state index contributed by atoms with van der Waals surface area (Å²) in [6.45, 7) is 0.00544. The molecule has 4 rings (SSSR count). The molecule has 0 fully saturated rings. The first-order chi connectivity index (χ1) is 12.0. The van der Waals surface area contributed by atoms with Gasteiger partial charge < -0.3 is 4.57 Å². The van der Waals surface area contributed by atoms with Gasteiger partial charge in [-0.25, -0.2) is 8.78 Å². The Bertz CT molecular complexity index is 1070. The molecule has 0 saturated carbocycles. The van der Waals surface area contributed by atoms with Gasteiger partial charge in [-0.2, -0.15) is 4.98 Å². The van der Waals surface area contributed by atoms with Gasteiger partial charge in [0.05, 0.1) is 23.5 Å². The summed E-state index contributed by atoms with van der Waals surface area (Å²) in [7, 11) is 0. The topological polar surface area (TPSA) is 47.2 Å². The Labute approximate surface area is 146 Å². The third-order valence-corrected chi connectivity index (χ3v) is 4.17. The summed E-state index contributed by atoms with van der Waals surface area (Å²) in [5.74, 6) is -1.07. The highest BCUT2D eigenvalue weighted by atomic mass is 35.5. The number of nitrogens with zero attached hydrogens (tertiary/aromatic N) is 3. The van der Waals surface area contributed by atoms with E-state index in [0.717, 1.165) is 0 Å². The van der Waals surface area contributed by atoms with Crippen molar-refractivity contribution in [2.24, 2.45) is 4.99 Å². The molecule has 25 heavy (non-hydrogen) atoms. The maximum absolute atomic E-state index is 14.3. The van der Waals surface area contributed by atoms with Crippen molar-refractivity contribution in [3.8, 4) is 5.69 Å². The van der Waals surface area contributed by atoms with E-state index >= 15 is 0 Å². The van der Waals surface area contributed by atoms with Crippen LogP contribution in [0.2, 0.25) is 5.02 Å². The molecule has 3 aromatic rings. The van der Waals surface area contributed by atoms with Crippen LogP contribution in [0.15, 0.2) is 58.4 Å². The van der Waals surface area contributed by atoms with Crippen molar-refractivity contribution in [2.75, 3.05) is 0 Å². The highest BCUT2D eigenvalue weighted by Gasteiger charge is 2.23. The van der Waals surface area contributed by atoms with E-state index in [1.807, 2.05) is 0 Å². The second-order valence-corrected chi connectivity index (χ2v) is 5.91. The molecule has 0 spiro atoms. The lowest BCUT2D eigenvalue weighted by Crippen LogP contribution is -2.15. The van der Waals surface area contributed by atoms with Crippen molar-refractivity contribution in [2.45, 2.75) is 6.54 Å². The SMILES string of the molecule is O=c1ccn2c(n1)CN=C(c1c(F)cccc1F)c1cc(Cl)ccc1-2. The van der Waals surface area contributed by atoms with E-state index in [0.29, 0.717) is 22.1 Å². The third-order valence-electron chi connectivity index (χ3n) is 3.93. The van der Waals surface area contributed by atoms with E-state index in [2.05, 4.69) is 9.98 Å². The summed E-state index contributed by atoms with van der Waals surface area (Å²) in [6, 6.07) is 9.90. The van der Waals surface area contributed by atoms with Gasteiger partial charge in [-0.15, -0.1) is 0 Å². The first-order valence-electron chi connectivity index (χ1n) is 7.42. The first-order valence-corrected chi connectivity index (χ1v) is 7.80. The van der Waals surface area contributed by atoms with Crippen LogP contribution in [0.1, 0.15) is 17.0 Å². The van der Waals surface area contributed by atoms with Gasteiger partial charge in [0.25, 0.3) is 5.56 Å². The Morgan fingerprint density at radius 3 is 2.60 bits per heavy atom. The lowest BCUT2D eigenvalue weighted by Gasteiger charge is -2.14. The minimum Gasteiger partial charge on any atom is -0.303 e. The molecule has 1 aromatic heterocycles. The highest BCUT2D eigenvalue weighted by molar-refractivity contribution is 6.31. The monoisotopic (exact) mass is 357 g/mol. The van der Waals surface area contributed by atoms with Crippen LogP contribution in [-0.2, 0) is 6.54 Å². The molecule has 7 heteroatoms. The molecule has 0 atom stereocenters. The van der Waals surface area contributed by atoms with E-state index < -0.39 is 17.2 Å². The number of rotatable bonds is 1. The molecule has 2 aromatic carbocycles. The van der Waals surface area contributed by atoms with Crippen LogP contribution in [0, 0.1) is 11.6 Å². The molecule has 0 radical (unpaired) electrons. The molecule has 0 bridgehead atoms. The van der Waals surface area contributed by atoms with Crippen molar-refractivity contribution in [3.05, 3.63) is 92.6 Å². The summed E-state index contributed by atoms with van der Waals surface area (Å²) < 4.78 is 30.3. The lowest BCUT2D eigenvalue weighted by molar-refractivity contribution is 0.579. The van der Waals surface area contributed by atoms with Gasteiger partial charge in [0.1, 0.15) is 17.5 Å². The van der Waals surface area contributed by atoms with Crippen LogP contribution in [0.25, 0.3) is 5.69 Å². The summed E-state index contributed by atoms with van der Waals surface area (Å²) in [6.07, 6.45) is 1.56. The Morgan fingerprint density at radius 1 is 1.08 bits per heavy atom. The Morgan fingerprint density at radius 2 is 1.84 bits per heavy atom. The number of benzene rings is 2. The average molecular weight is 358 g/mol. The zero-order chi connectivity index (χ0) is 17.6. The fourth-order valence-corrected chi connectivity index (χ4v) is 3.03. The fourth-order valence-electron chi connectivity index (χ4n) is 2.85. The van der Waals surface area contributed by atoms with Crippen molar-refractivity contribution < 1.29 is 8.78 Å². The van der Waals surface area contributed by atoms with Crippen LogP contribution in [0.4, 0.5) is 8.78 Å². The quantitative estimate of drug-likeness (QED) is 0.669. The van der Waals surface area contributed by atoms with Gasteiger partial charge >= 0.3 is 0 Å². The van der Waals surface area contributed by atoms with E-state index in [4.69, 9.17) is 11.6 Å².